The van der Waals surface area contributed by atoms with Gasteiger partial charge in [-0.2, -0.15) is 0 Å². The van der Waals surface area contributed by atoms with E-state index in [1.165, 1.54) is 0 Å². The second kappa shape index (κ2) is 19.1. The lowest BCUT2D eigenvalue weighted by Gasteiger charge is -2.24. The summed E-state index contributed by atoms with van der Waals surface area (Å²) in [7, 11) is 0. The molecule has 1 saturated carbocycles. The molecule has 0 spiro atoms. The van der Waals surface area contributed by atoms with Crippen molar-refractivity contribution in [1.29, 1.82) is 0 Å². The van der Waals surface area contributed by atoms with Gasteiger partial charge in [0.05, 0.1) is 18.3 Å². The number of hydrogen-bond acceptors (Lipinski definition) is 9. The number of carbonyl (C=O) groups is 4. The summed E-state index contributed by atoms with van der Waals surface area (Å²) >= 11 is 0. The van der Waals surface area contributed by atoms with E-state index in [0.29, 0.717) is 54.4 Å². The number of unbranched alkanes of at least 4 members (excludes halogenated alkanes) is 4. The standard InChI is InChI=1S/C38H48N8O7/c39-31(18-21-53-45-38(40)41)36(49)42-19-4-2-1-3-5-20-51-30-15-11-28(12-16-30)43-35(48)26-8-6-25(7-9-26)23-46(29-13-14-29)37(50)27-10-17-32-33(22-27)52-24-34(47)44-32/h6-12,15-17,22,29,31H,1-5,13-14,18-21,23-24,39H2,(H,42,49)(H,43,48)(H,44,47)(H4,40,41,45)/t31-/m0/s1. The van der Waals surface area contributed by atoms with E-state index in [2.05, 4.69) is 21.1 Å². The van der Waals surface area contributed by atoms with Crippen molar-refractivity contribution in [2.75, 3.05) is 37.0 Å². The fourth-order valence-electron chi connectivity index (χ4n) is 5.64. The van der Waals surface area contributed by atoms with Crippen LogP contribution in [0.15, 0.2) is 71.9 Å². The Morgan fingerprint density at radius 2 is 1.64 bits per heavy atom. The number of hydrogen-bond donors (Lipinski definition) is 6. The van der Waals surface area contributed by atoms with Crippen LogP contribution in [0, 0.1) is 0 Å². The highest BCUT2D eigenvalue weighted by Gasteiger charge is 2.33. The number of oxime groups is 1. The van der Waals surface area contributed by atoms with Crippen molar-refractivity contribution < 1.29 is 33.5 Å². The van der Waals surface area contributed by atoms with Crippen LogP contribution < -0.4 is 42.6 Å². The number of ether oxygens (including phenoxy) is 2. The minimum absolute atomic E-state index is 0.0772. The van der Waals surface area contributed by atoms with Crippen LogP contribution in [0.1, 0.15) is 77.6 Å². The molecule has 15 heteroatoms. The lowest BCUT2D eigenvalue weighted by molar-refractivity contribution is -0.122. The topological polar surface area (TPSA) is 226 Å². The van der Waals surface area contributed by atoms with Gasteiger partial charge in [0, 0.05) is 42.4 Å². The Bertz CT molecular complexity index is 1740. The van der Waals surface area contributed by atoms with Gasteiger partial charge >= 0.3 is 0 Å². The molecule has 0 radical (unpaired) electrons. The molecule has 3 aromatic carbocycles. The van der Waals surface area contributed by atoms with E-state index in [1.807, 2.05) is 29.2 Å². The van der Waals surface area contributed by atoms with Crippen molar-refractivity contribution in [1.82, 2.24) is 10.2 Å². The lowest BCUT2D eigenvalue weighted by Crippen LogP contribution is -2.41. The van der Waals surface area contributed by atoms with Crippen LogP contribution >= 0.6 is 0 Å². The number of nitrogens with one attached hydrogen (secondary N) is 3. The molecule has 1 aliphatic carbocycles. The fraction of sp³-hybridized carbons (Fsp3) is 0.395. The van der Waals surface area contributed by atoms with Crippen LogP contribution in [-0.2, 0) is 21.0 Å². The molecule has 1 heterocycles. The number of nitrogens with two attached hydrogens (primary N) is 3. The third-order valence-electron chi connectivity index (χ3n) is 8.71. The number of amides is 4. The molecular weight excluding hydrogens is 680 g/mol. The second-order valence-corrected chi connectivity index (χ2v) is 13.0. The molecule has 53 heavy (non-hydrogen) atoms. The summed E-state index contributed by atoms with van der Waals surface area (Å²) in [5.41, 5.74) is 19.3. The molecule has 0 aromatic heterocycles. The Labute approximate surface area is 308 Å². The van der Waals surface area contributed by atoms with E-state index in [1.54, 1.807) is 42.5 Å². The van der Waals surface area contributed by atoms with E-state index in [-0.39, 0.29) is 48.8 Å². The van der Waals surface area contributed by atoms with Crippen LogP contribution in [0.2, 0.25) is 0 Å². The van der Waals surface area contributed by atoms with Crippen LogP contribution in [0.3, 0.4) is 0 Å². The normalized spacial score (nSPS) is 13.7. The van der Waals surface area contributed by atoms with Gasteiger partial charge in [0.15, 0.2) is 6.61 Å². The quantitative estimate of drug-likeness (QED) is 0.0430. The summed E-state index contributed by atoms with van der Waals surface area (Å²) in [5, 5.41) is 11.9. The van der Waals surface area contributed by atoms with Gasteiger partial charge < -0.3 is 52.4 Å². The third-order valence-corrected chi connectivity index (χ3v) is 8.71. The molecule has 5 rings (SSSR count). The van der Waals surface area contributed by atoms with E-state index in [9.17, 15) is 19.2 Å². The van der Waals surface area contributed by atoms with Gasteiger partial charge in [-0.1, -0.05) is 31.4 Å². The first kappa shape index (κ1) is 38.4. The zero-order valence-electron chi connectivity index (χ0n) is 29.7. The number of carbonyl (C=O) groups excluding carboxylic acids is 4. The Morgan fingerprint density at radius 3 is 2.38 bits per heavy atom. The Balaban J connectivity index is 0.964. The van der Waals surface area contributed by atoms with Crippen LogP contribution in [0.25, 0.3) is 0 Å². The van der Waals surface area contributed by atoms with Gasteiger partial charge in [-0.15, -0.1) is 0 Å². The molecule has 3 aromatic rings. The van der Waals surface area contributed by atoms with Gasteiger partial charge in [0.1, 0.15) is 18.1 Å². The maximum atomic E-state index is 13.5. The smallest absolute Gasteiger partial charge is 0.262 e. The summed E-state index contributed by atoms with van der Waals surface area (Å²) < 4.78 is 11.4. The summed E-state index contributed by atoms with van der Waals surface area (Å²) in [6.07, 6.45) is 6.96. The van der Waals surface area contributed by atoms with Crippen LogP contribution in [-0.4, -0.2) is 72.9 Å². The Kier molecular flexibility index (Phi) is 13.9. The predicted molar refractivity (Wildman–Crippen MR) is 200 cm³/mol. The van der Waals surface area contributed by atoms with Crippen molar-refractivity contribution in [3.05, 3.63) is 83.4 Å². The van der Waals surface area contributed by atoms with Crippen molar-refractivity contribution in [2.24, 2.45) is 22.4 Å². The molecule has 1 atom stereocenters. The number of nitrogens with zero attached hydrogens (tertiary/aromatic N) is 2. The number of fused-ring (bicyclic) bond motifs is 1. The monoisotopic (exact) mass is 728 g/mol. The summed E-state index contributed by atoms with van der Waals surface area (Å²) in [4.78, 5) is 56.8. The van der Waals surface area contributed by atoms with Gasteiger partial charge in [0.2, 0.25) is 11.9 Å². The highest BCUT2D eigenvalue weighted by molar-refractivity contribution is 6.04. The zero-order chi connectivity index (χ0) is 37.6. The number of rotatable bonds is 20. The summed E-state index contributed by atoms with van der Waals surface area (Å²) in [6.45, 7) is 1.63. The molecular formula is C38H48N8O7. The Morgan fingerprint density at radius 1 is 0.925 bits per heavy atom. The molecule has 1 fully saturated rings. The second-order valence-electron chi connectivity index (χ2n) is 13.0. The summed E-state index contributed by atoms with van der Waals surface area (Å²) in [6, 6.07) is 19.1. The van der Waals surface area contributed by atoms with Crippen LogP contribution in [0.4, 0.5) is 11.4 Å². The average Bonchev–Trinajstić information content (AvgIpc) is 4.00. The zero-order valence-corrected chi connectivity index (χ0v) is 29.7. The molecule has 2 aliphatic rings. The SMILES string of the molecule is NC(N)=NOCC[C@H](N)C(=O)NCCCCCCCOc1ccc(NC(=O)c2ccc(CN(C(=O)c3ccc4c(c3)OCC(=O)N4)C3CC3)cc2)cc1. The molecule has 1 aliphatic heterocycles. The molecule has 9 N–H and O–H groups in total. The maximum absolute atomic E-state index is 13.5. The lowest BCUT2D eigenvalue weighted by atomic mass is 10.1. The van der Waals surface area contributed by atoms with E-state index >= 15 is 0 Å². The van der Waals surface area contributed by atoms with Gasteiger partial charge in [0.25, 0.3) is 17.7 Å². The van der Waals surface area contributed by atoms with Crippen molar-refractivity contribution in [3.8, 4) is 11.5 Å². The molecule has 282 valence electrons. The largest absolute Gasteiger partial charge is 0.494 e. The minimum atomic E-state index is -0.683. The minimum Gasteiger partial charge on any atom is -0.494 e. The fourth-order valence-corrected chi connectivity index (χ4v) is 5.64. The van der Waals surface area contributed by atoms with Crippen molar-refractivity contribution in [2.45, 2.75) is 70.0 Å². The van der Waals surface area contributed by atoms with E-state index < -0.39 is 6.04 Å². The number of guanidine groups is 1. The van der Waals surface area contributed by atoms with Crippen molar-refractivity contribution >= 4 is 41.0 Å². The highest BCUT2D eigenvalue weighted by Crippen LogP contribution is 2.33. The average molecular weight is 729 g/mol. The molecule has 0 saturated heterocycles. The highest BCUT2D eigenvalue weighted by atomic mass is 16.6. The molecule has 0 bridgehead atoms. The summed E-state index contributed by atoms with van der Waals surface area (Å²) in [5.74, 6) is 0.228. The molecule has 4 amide bonds. The van der Waals surface area contributed by atoms with E-state index in [4.69, 9.17) is 31.5 Å². The van der Waals surface area contributed by atoms with Crippen LogP contribution in [0.5, 0.6) is 11.5 Å². The van der Waals surface area contributed by atoms with Gasteiger partial charge in [-0.3, -0.25) is 19.2 Å². The van der Waals surface area contributed by atoms with E-state index in [0.717, 1.165) is 56.3 Å². The number of anilines is 2. The first-order valence-corrected chi connectivity index (χ1v) is 17.9. The maximum Gasteiger partial charge on any atom is 0.262 e. The first-order valence-electron chi connectivity index (χ1n) is 17.9. The number of benzene rings is 3. The first-order chi connectivity index (χ1) is 25.7. The van der Waals surface area contributed by atoms with Crippen molar-refractivity contribution in [3.63, 3.8) is 0 Å². The predicted octanol–water partition coefficient (Wildman–Crippen LogP) is 3.44. The van der Waals surface area contributed by atoms with Gasteiger partial charge in [-0.05, 0) is 91.0 Å². The third kappa shape index (κ3) is 12.1. The molecule has 0 unspecified atom stereocenters. The Hall–Kier alpha value is -5.83. The molecule has 15 nitrogen and oxygen atoms in total. The van der Waals surface area contributed by atoms with Gasteiger partial charge in [-0.25, -0.2) is 0 Å².